The maximum atomic E-state index is 2.38. The van der Waals surface area contributed by atoms with Crippen molar-refractivity contribution in [1.29, 1.82) is 0 Å². The standard InChI is InChI=1S/C10H15.2ClH.Zr/c1-9(2)7-8-10-5-3-4-6-10;;;/h5-6,9H,3,7-8H2,1-2H3;2*1H;. The van der Waals surface area contributed by atoms with Crippen LogP contribution >= 0.6 is 24.8 Å². The van der Waals surface area contributed by atoms with Crippen molar-refractivity contribution in [2.45, 2.75) is 33.1 Å². The molecule has 0 fully saturated rings. The first-order valence-corrected chi connectivity index (χ1v) is 5.52. The van der Waals surface area contributed by atoms with E-state index in [0.29, 0.717) is 0 Å². The normalized spacial score (nSPS) is 14.3. The van der Waals surface area contributed by atoms with Crippen molar-refractivity contribution in [3.8, 4) is 0 Å². The molecule has 1 aliphatic rings. The van der Waals surface area contributed by atoms with Gasteiger partial charge in [0.1, 0.15) is 0 Å². The van der Waals surface area contributed by atoms with Crippen LogP contribution in [0.15, 0.2) is 21.0 Å². The monoisotopic (exact) mass is 297 g/mol. The van der Waals surface area contributed by atoms with Gasteiger partial charge in [0.05, 0.1) is 0 Å². The second kappa shape index (κ2) is 8.27. The van der Waals surface area contributed by atoms with Gasteiger partial charge in [0, 0.05) is 0 Å². The Kier molecular flexibility index (Phi) is 10.4. The van der Waals surface area contributed by atoms with E-state index in [1.807, 2.05) is 0 Å². The summed E-state index contributed by atoms with van der Waals surface area (Å²) in [5.74, 6) is 0.846. The van der Waals surface area contributed by atoms with E-state index in [0.717, 1.165) is 5.92 Å². The van der Waals surface area contributed by atoms with Gasteiger partial charge in [-0.15, -0.1) is 24.8 Å². The Balaban J connectivity index is 0. The molecule has 0 aromatic carbocycles. The molecule has 0 atom stereocenters. The summed E-state index contributed by atoms with van der Waals surface area (Å²) in [5.41, 5.74) is 1.57. The van der Waals surface area contributed by atoms with E-state index < -0.39 is 0 Å². The minimum absolute atomic E-state index is 0. The molecule has 13 heavy (non-hydrogen) atoms. The van der Waals surface area contributed by atoms with E-state index in [2.05, 4.69) is 26.0 Å². The van der Waals surface area contributed by atoms with Gasteiger partial charge >= 0.3 is 84.8 Å². The maximum absolute atomic E-state index is 2.38. The van der Waals surface area contributed by atoms with Crippen molar-refractivity contribution >= 4 is 24.8 Å². The molecule has 0 N–H and O–H groups in total. The van der Waals surface area contributed by atoms with Gasteiger partial charge in [-0.2, -0.15) is 0 Å². The smallest absolute Gasteiger partial charge is 0.147 e. The number of hydrogen-bond acceptors (Lipinski definition) is 0. The molecule has 0 unspecified atom stereocenters. The Hall–Kier alpha value is 0.943. The first-order chi connectivity index (χ1) is 5.18. The van der Waals surface area contributed by atoms with Gasteiger partial charge < -0.3 is 0 Å². The molecule has 0 nitrogen and oxygen atoms in total. The van der Waals surface area contributed by atoms with E-state index in [1.54, 1.807) is 33.6 Å². The molecule has 75 valence electrons. The average Bonchev–Trinajstić information content (AvgIpc) is 2.31. The number of allylic oxidation sites excluding steroid dienone is 4. The van der Waals surface area contributed by atoms with E-state index in [4.69, 9.17) is 0 Å². The molecule has 3 heteroatoms. The number of hydrogen-bond donors (Lipinski definition) is 0. The quantitative estimate of drug-likeness (QED) is 0.738. The molecule has 0 bridgehead atoms. The molecule has 0 amide bonds. The van der Waals surface area contributed by atoms with Crippen LogP contribution in [0.2, 0.25) is 0 Å². The van der Waals surface area contributed by atoms with Crippen molar-refractivity contribution < 1.29 is 24.7 Å². The van der Waals surface area contributed by atoms with E-state index >= 15 is 0 Å². The van der Waals surface area contributed by atoms with Crippen LogP contribution in [0.3, 0.4) is 0 Å². The van der Waals surface area contributed by atoms with Gasteiger partial charge in [-0.3, -0.25) is 0 Å². The largest absolute Gasteiger partial charge is 0.147 e. The summed E-state index contributed by atoms with van der Waals surface area (Å²) in [7, 11) is 0. The zero-order valence-electron chi connectivity index (χ0n) is 8.17. The molecule has 0 radical (unpaired) electrons. The SMILES string of the molecule is CC(C)CCC1=CC[C]([Zr])=C1.Cl.Cl. The fourth-order valence-corrected chi connectivity index (χ4v) is 1.92. The van der Waals surface area contributed by atoms with Crippen LogP contribution in [0.4, 0.5) is 0 Å². The zero-order chi connectivity index (χ0) is 8.27. The van der Waals surface area contributed by atoms with Gasteiger partial charge in [-0.05, 0) is 0 Å². The summed E-state index contributed by atoms with van der Waals surface area (Å²) >= 11 is 1.59. The fourth-order valence-electron chi connectivity index (χ4n) is 1.21. The first-order valence-electron chi connectivity index (χ1n) is 4.29. The third-order valence-electron chi connectivity index (χ3n) is 1.95. The van der Waals surface area contributed by atoms with Crippen molar-refractivity contribution in [2.24, 2.45) is 5.92 Å². The first kappa shape index (κ1) is 16.4. The topological polar surface area (TPSA) is 0 Å². The van der Waals surface area contributed by atoms with Crippen LogP contribution in [0.1, 0.15) is 33.1 Å². The van der Waals surface area contributed by atoms with E-state index in [-0.39, 0.29) is 24.8 Å². The molecule has 0 aromatic rings. The third kappa shape index (κ3) is 6.94. The summed E-state index contributed by atoms with van der Waals surface area (Å²) < 4.78 is 1.61. The Morgan fingerprint density at radius 2 is 2.00 bits per heavy atom. The summed E-state index contributed by atoms with van der Waals surface area (Å²) in [5, 5.41) is 0. The van der Waals surface area contributed by atoms with Crippen molar-refractivity contribution in [3.05, 3.63) is 21.0 Å². The molecule has 0 aromatic heterocycles. The van der Waals surface area contributed by atoms with E-state index in [9.17, 15) is 0 Å². The summed E-state index contributed by atoms with van der Waals surface area (Å²) in [6.07, 6.45) is 8.61. The predicted octanol–water partition coefficient (Wildman–Crippen LogP) is 4.03. The molecule has 0 aliphatic heterocycles. The molecule has 0 heterocycles. The van der Waals surface area contributed by atoms with Gasteiger partial charge in [-0.1, -0.05) is 0 Å². The van der Waals surface area contributed by atoms with Crippen molar-refractivity contribution in [3.63, 3.8) is 0 Å². The maximum Gasteiger partial charge on any atom is -0.147 e. The number of rotatable bonds is 3. The van der Waals surface area contributed by atoms with Gasteiger partial charge in [0.2, 0.25) is 0 Å². The summed E-state index contributed by atoms with van der Waals surface area (Å²) in [4.78, 5) is 0. The van der Waals surface area contributed by atoms with Crippen LogP contribution in [0.5, 0.6) is 0 Å². The Labute approximate surface area is 109 Å². The summed E-state index contributed by atoms with van der Waals surface area (Å²) in [6.45, 7) is 4.58. The Morgan fingerprint density at radius 3 is 2.38 bits per heavy atom. The third-order valence-corrected chi connectivity index (χ3v) is 2.81. The van der Waals surface area contributed by atoms with Crippen LogP contribution in [-0.4, -0.2) is 0 Å². The van der Waals surface area contributed by atoms with Crippen LogP contribution in [0.25, 0.3) is 0 Å². The van der Waals surface area contributed by atoms with Gasteiger partial charge in [0.15, 0.2) is 0 Å². The molecule has 0 spiro atoms. The second-order valence-electron chi connectivity index (χ2n) is 3.59. The van der Waals surface area contributed by atoms with Crippen LogP contribution < -0.4 is 0 Å². The number of halogens is 2. The minimum atomic E-state index is 0. The fraction of sp³-hybridized carbons (Fsp3) is 0.600. The Bertz CT molecular complexity index is 195. The molecule has 1 rings (SSSR count). The van der Waals surface area contributed by atoms with Gasteiger partial charge in [0.25, 0.3) is 0 Å². The zero-order valence-corrected chi connectivity index (χ0v) is 12.3. The molecule has 0 saturated carbocycles. The molecule has 0 saturated heterocycles. The second-order valence-corrected chi connectivity index (χ2v) is 5.16. The summed E-state index contributed by atoms with van der Waals surface area (Å²) in [6, 6.07) is 0. The average molecular weight is 299 g/mol. The molecular weight excluding hydrogens is 282 g/mol. The van der Waals surface area contributed by atoms with Crippen LogP contribution in [0, 0.1) is 5.92 Å². The molecular formula is C10H17Cl2Zr. The van der Waals surface area contributed by atoms with Crippen molar-refractivity contribution in [1.82, 2.24) is 0 Å². The predicted molar refractivity (Wildman–Crippen MR) is 59.4 cm³/mol. The van der Waals surface area contributed by atoms with Crippen LogP contribution in [-0.2, 0) is 24.7 Å². The van der Waals surface area contributed by atoms with Gasteiger partial charge in [-0.25, -0.2) is 0 Å². The van der Waals surface area contributed by atoms with Crippen molar-refractivity contribution in [2.75, 3.05) is 0 Å². The minimum Gasteiger partial charge on any atom is -0.147 e. The molecule has 1 aliphatic carbocycles. The Morgan fingerprint density at radius 1 is 1.38 bits per heavy atom. The van der Waals surface area contributed by atoms with E-state index in [1.165, 1.54) is 19.3 Å².